The zero-order valence-electron chi connectivity index (χ0n) is 14.4. The molecule has 1 fully saturated rings. The first kappa shape index (κ1) is 17.1. The fraction of sp³-hybridized carbons (Fsp3) is 0.588. The number of nitrogens with zero attached hydrogens (tertiary/aromatic N) is 3. The maximum atomic E-state index is 13.2. The van der Waals surface area contributed by atoms with Gasteiger partial charge in [-0.25, -0.2) is 4.98 Å². The summed E-state index contributed by atoms with van der Waals surface area (Å²) in [5, 5.41) is 6.96. The summed E-state index contributed by atoms with van der Waals surface area (Å²) in [5.74, 6) is 0.526. The van der Waals surface area contributed by atoms with E-state index >= 15 is 0 Å². The Morgan fingerprint density at radius 1 is 1.46 bits per heavy atom. The van der Waals surface area contributed by atoms with E-state index in [1.54, 1.807) is 18.3 Å². The quantitative estimate of drug-likeness (QED) is 0.801. The molecule has 2 aromatic heterocycles. The van der Waals surface area contributed by atoms with Crippen LogP contribution in [0.3, 0.4) is 0 Å². The molecule has 0 aromatic carbocycles. The molecule has 0 spiro atoms. The number of thiazole rings is 1. The van der Waals surface area contributed by atoms with Crippen molar-refractivity contribution in [1.82, 2.24) is 15.0 Å². The number of carbonyl (C=O) groups is 1. The molecule has 3 heterocycles. The highest BCUT2D eigenvalue weighted by atomic mass is 32.1. The summed E-state index contributed by atoms with van der Waals surface area (Å²) in [6, 6.07) is 0. The number of ether oxygens (including phenoxy) is 1. The molecule has 2 aromatic rings. The van der Waals surface area contributed by atoms with Gasteiger partial charge in [-0.05, 0) is 33.1 Å². The number of carbonyl (C=O) groups excluding carboxylic acids is 1. The molecule has 7 heteroatoms. The molecular formula is C17H23N3O3S. The minimum atomic E-state index is -0.0473. The number of aryl methyl sites for hydroxylation is 3. The third-order valence-electron chi connectivity index (χ3n) is 4.21. The average Bonchev–Trinajstić information content (AvgIpc) is 3.28. The maximum Gasteiger partial charge on any atom is 0.259 e. The lowest BCUT2D eigenvalue weighted by Crippen LogP contribution is -2.37. The highest BCUT2D eigenvalue weighted by Gasteiger charge is 2.28. The van der Waals surface area contributed by atoms with Gasteiger partial charge in [-0.3, -0.25) is 4.79 Å². The maximum absolute atomic E-state index is 13.2. The van der Waals surface area contributed by atoms with E-state index < -0.39 is 0 Å². The summed E-state index contributed by atoms with van der Waals surface area (Å²) in [4.78, 5) is 19.5. The summed E-state index contributed by atoms with van der Waals surface area (Å²) < 4.78 is 11.0. The van der Waals surface area contributed by atoms with Crippen molar-refractivity contribution in [3.63, 3.8) is 0 Å². The van der Waals surface area contributed by atoms with E-state index in [2.05, 4.69) is 10.1 Å². The topological polar surface area (TPSA) is 68.5 Å². The first-order valence-corrected chi connectivity index (χ1v) is 9.23. The van der Waals surface area contributed by atoms with Gasteiger partial charge < -0.3 is 14.2 Å². The van der Waals surface area contributed by atoms with Gasteiger partial charge in [0.05, 0.1) is 18.3 Å². The van der Waals surface area contributed by atoms with Crippen LogP contribution in [0.15, 0.2) is 9.90 Å². The molecule has 24 heavy (non-hydrogen) atoms. The van der Waals surface area contributed by atoms with E-state index in [4.69, 9.17) is 9.26 Å². The molecule has 3 rings (SSSR count). The summed E-state index contributed by atoms with van der Waals surface area (Å²) in [5.41, 5.74) is 2.28. The van der Waals surface area contributed by atoms with Gasteiger partial charge >= 0.3 is 0 Å². The van der Waals surface area contributed by atoms with Gasteiger partial charge in [-0.1, -0.05) is 12.1 Å². The predicted molar refractivity (Wildman–Crippen MR) is 91.2 cm³/mol. The minimum Gasteiger partial charge on any atom is -0.376 e. The Morgan fingerprint density at radius 2 is 2.29 bits per heavy atom. The lowest BCUT2D eigenvalue weighted by molar-refractivity contribution is 0.0505. The molecular weight excluding hydrogens is 326 g/mol. The van der Waals surface area contributed by atoms with Crippen LogP contribution >= 0.6 is 11.3 Å². The Balaban J connectivity index is 1.84. The van der Waals surface area contributed by atoms with Crippen molar-refractivity contribution in [2.24, 2.45) is 0 Å². The summed E-state index contributed by atoms with van der Waals surface area (Å²) in [7, 11) is 0. The van der Waals surface area contributed by atoms with E-state index in [-0.39, 0.29) is 12.0 Å². The molecule has 1 amide bonds. The molecule has 0 aliphatic carbocycles. The Hall–Kier alpha value is -1.73. The smallest absolute Gasteiger partial charge is 0.259 e. The molecule has 1 aliphatic heterocycles. The minimum absolute atomic E-state index is 0.0473. The fourth-order valence-electron chi connectivity index (χ4n) is 2.98. The number of rotatable bonds is 6. The lowest BCUT2D eigenvalue weighted by Gasteiger charge is -2.24. The van der Waals surface area contributed by atoms with Crippen LogP contribution in [0.2, 0.25) is 0 Å². The number of aromatic nitrogens is 2. The van der Waals surface area contributed by atoms with Crippen molar-refractivity contribution in [3.8, 4) is 0 Å². The summed E-state index contributed by atoms with van der Waals surface area (Å²) >= 11 is 1.58. The zero-order chi connectivity index (χ0) is 17.1. The van der Waals surface area contributed by atoms with Crippen LogP contribution in [-0.2, 0) is 17.7 Å². The first-order chi connectivity index (χ1) is 11.6. The molecule has 1 aliphatic rings. The first-order valence-electron chi connectivity index (χ1n) is 8.35. The third-order valence-corrected chi connectivity index (χ3v) is 5.16. The largest absolute Gasteiger partial charge is 0.376 e. The van der Waals surface area contributed by atoms with Gasteiger partial charge in [0.2, 0.25) is 0 Å². The monoisotopic (exact) mass is 349 g/mol. The number of hydrogen-bond donors (Lipinski definition) is 0. The van der Waals surface area contributed by atoms with E-state index in [1.807, 2.05) is 24.1 Å². The Bertz CT molecular complexity index is 704. The Morgan fingerprint density at radius 3 is 2.92 bits per heavy atom. The van der Waals surface area contributed by atoms with Gasteiger partial charge in [0, 0.05) is 24.2 Å². The molecule has 0 radical (unpaired) electrons. The third kappa shape index (κ3) is 3.67. The zero-order valence-corrected chi connectivity index (χ0v) is 15.2. The van der Waals surface area contributed by atoms with Gasteiger partial charge in [-0.15, -0.1) is 11.3 Å². The number of amides is 1. The van der Waals surface area contributed by atoms with Crippen LogP contribution in [0.5, 0.6) is 0 Å². The normalized spacial score (nSPS) is 17.4. The second-order valence-electron chi connectivity index (χ2n) is 6.12. The van der Waals surface area contributed by atoms with Crippen molar-refractivity contribution in [2.75, 3.05) is 13.2 Å². The molecule has 0 saturated carbocycles. The average molecular weight is 349 g/mol. The van der Waals surface area contributed by atoms with Crippen LogP contribution in [0, 0.1) is 13.8 Å². The van der Waals surface area contributed by atoms with E-state index in [1.165, 1.54) is 0 Å². The van der Waals surface area contributed by atoms with Crippen LogP contribution < -0.4 is 0 Å². The van der Waals surface area contributed by atoms with Crippen LogP contribution in [0.25, 0.3) is 0 Å². The second kappa shape index (κ2) is 7.44. The SMILES string of the molecule is CCc1noc(C)c1C(=O)N(Cc1nc(C)cs1)C[C@H]1CCCO1. The van der Waals surface area contributed by atoms with Gasteiger partial charge in [-0.2, -0.15) is 0 Å². The molecule has 1 atom stereocenters. The van der Waals surface area contributed by atoms with Gasteiger partial charge in [0.1, 0.15) is 16.3 Å². The molecule has 0 unspecified atom stereocenters. The standard InChI is InChI=1S/C17H23N3O3S/c1-4-14-16(12(3)23-19-14)17(21)20(8-13-6-5-7-22-13)9-15-18-11(2)10-24-15/h10,13H,4-9H2,1-3H3/t13-/m1/s1. The highest BCUT2D eigenvalue weighted by Crippen LogP contribution is 2.22. The summed E-state index contributed by atoms with van der Waals surface area (Å²) in [6.45, 7) is 7.57. The Kier molecular flexibility index (Phi) is 5.30. The van der Waals surface area contributed by atoms with E-state index in [0.717, 1.165) is 30.2 Å². The fourth-order valence-corrected chi connectivity index (χ4v) is 3.77. The highest BCUT2D eigenvalue weighted by molar-refractivity contribution is 7.09. The van der Waals surface area contributed by atoms with Crippen LogP contribution in [0.1, 0.15) is 52.3 Å². The van der Waals surface area contributed by atoms with Crippen molar-refractivity contribution < 1.29 is 14.1 Å². The molecule has 6 nitrogen and oxygen atoms in total. The van der Waals surface area contributed by atoms with Crippen molar-refractivity contribution in [1.29, 1.82) is 0 Å². The van der Waals surface area contributed by atoms with Crippen LogP contribution in [0.4, 0.5) is 0 Å². The van der Waals surface area contributed by atoms with Crippen LogP contribution in [-0.4, -0.2) is 40.2 Å². The van der Waals surface area contributed by atoms with E-state index in [9.17, 15) is 4.79 Å². The van der Waals surface area contributed by atoms with Crippen molar-refractivity contribution in [3.05, 3.63) is 33.1 Å². The summed E-state index contributed by atoms with van der Waals surface area (Å²) in [6.07, 6.45) is 2.81. The molecule has 130 valence electrons. The van der Waals surface area contributed by atoms with E-state index in [0.29, 0.717) is 36.5 Å². The van der Waals surface area contributed by atoms with Crippen molar-refractivity contribution in [2.45, 2.75) is 52.7 Å². The molecule has 1 saturated heterocycles. The second-order valence-corrected chi connectivity index (χ2v) is 7.06. The van der Waals surface area contributed by atoms with Crippen molar-refractivity contribution >= 4 is 17.2 Å². The Labute approximate surface area is 145 Å². The predicted octanol–water partition coefficient (Wildman–Crippen LogP) is 3.13. The lowest BCUT2D eigenvalue weighted by atomic mass is 10.1. The molecule has 0 N–H and O–H groups in total. The van der Waals surface area contributed by atoms with Gasteiger partial charge in [0.15, 0.2) is 0 Å². The number of hydrogen-bond acceptors (Lipinski definition) is 6. The van der Waals surface area contributed by atoms with Gasteiger partial charge in [0.25, 0.3) is 5.91 Å². The molecule has 0 bridgehead atoms.